The lowest BCUT2D eigenvalue weighted by Crippen LogP contribution is -2.24. The Hall–Kier alpha value is -1.42. The predicted molar refractivity (Wildman–Crippen MR) is 66.8 cm³/mol. The zero-order valence-corrected chi connectivity index (χ0v) is 10.7. The van der Waals surface area contributed by atoms with Gasteiger partial charge in [0.15, 0.2) is 0 Å². The van der Waals surface area contributed by atoms with E-state index in [1.165, 1.54) is 6.07 Å². The minimum atomic E-state index is -0.271. The Morgan fingerprint density at radius 1 is 1.44 bits per heavy atom. The monoisotopic (exact) mass is 251 g/mol. The second kappa shape index (κ2) is 5.48. The molecule has 2 rings (SSSR count). The van der Waals surface area contributed by atoms with E-state index in [2.05, 4.69) is 0 Å². The van der Waals surface area contributed by atoms with Crippen LogP contribution in [0, 0.1) is 11.7 Å². The lowest BCUT2D eigenvalue weighted by molar-refractivity contribution is -0.148. The summed E-state index contributed by atoms with van der Waals surface area (Å²) in [5.74, 6) is -0.857. The lowest BCUT2D eigenvalue weighted by atomic mass is 9.88. The fraction of sp³-hybridized carbons (Fsp3) is 0.500. The Labute approximate surface area is 107 Å². The van der Waals surface area contributed by atoms with Gasteiger partial charge in [0.25, 0.3) is 0 Å². The highest BCUT2D eigenvalue weighted by atomic mass is 19.1. The van der Waals surface area contributed by atoms with Crippen LogP contribution in [0.25, 0.3) is 0 Å². The summed E-state index contributed by atoms with van der Waals surface area (Å²) in [5.41, 5.74) is 0.611. The number of hydrogen-bond donors (Lipinski definition) is 0. The standard InChI is InChI=1S/C14H18FNO2/c1-3-18-14(17)12-9-16(2)8-11(12)10-6-4-5-7-13(10)15/h4-7,11-12H,3,8-9H2,1-2H3. The van der Waals surface area contributed by atoms with Gasteiger partial charge in [-0.3, -0.25) is 4.79 Å². The highest BCUT2D eigenvalue weighted by molar-refractivity contribution is 5.74. The van der Waals surface area contributed by atoms with Crippen molar-refractivity contribution in [2.24, 2.45) is 5.92 Å². The largest absolute Gasteiger partial charge is 0.466 e. The van der Waals surface area contributed by atoms with E-state index in [9.17, 15) is 9.18 Å². The lowest BCUT2D eigenvalue weighted by Gasteiger charge is -2.17. The maximum Gasteiger partial charge on any atom is 0.310 e. The number of esters is 1. The molecule has 0 bridgehead atoms. The number of hydrogen-bond acceptors (Lipinski definition) is 3. The second-order valence-corrected chi connectivity index (χ2v) is 4.71. The third-order valence-electron chi connectivity index (χ3n) is 3.40. The van der Waals surface area contributed by atoms with Gasteiger partial charge in [0, 0.05) is 19.0 Å². The van der Waals surface area contributed by atoms with E-state index in [1.54, 1.807) is 25.1 Å². The van der Waals surface area contributed by atoms with E-state index >= 15 is 0 Å². The Balaban J connectivity index is 2.25. The van der Waals surface area contributed by atoms with Crippen LogP contribution in [-0.2, 0) is 9.53 Å². The number of carbonyl (C=O) groups is 1. The van der Waals surface area contributed by atoms with Crippen LogP contribution < -0.4 is 0 Å². The van der Waals surface area contributed by atoms with Crippen LogP contribution in [0.2, 0.25) is 0 Å². The summed E-state index contributed by atoms with van der Waals surface area (Å²) in [6.45, 7) is 3.46. The fourth-order valence-electron chi connectivity index (χ4n) is 2.58. The van der Waals surface area contributed by atoms with Crippen LogP contribution >= 0.6 is 0 Å². The molecule has 1 fully saturated rings. The molecule has 4 heteroatoms. The predicted octanol–water partition coefficient (Wildman–Crippen LogP) is 2.03. The molecule has 1 aliphatic rings. The zero-order chi connectivity index (χ0) is 13.1. The molecule has 0 spiro atoms. The van der Waals surface area contributed by atoms with Crippen molar-refractivity contribution in [3.63, 3.8) is 0 Å². The quantitative estimate of drug-likeness (QED) is 0.770. The molecule has 0 radical (unpaired) electrons. The van der Waals surface area contributed by atoms with E-state index in [0.717, 1.165) is 0 Å². The van der Waals surface area contributed by atoms with Crippen molar-refractivity contribution >= 4 is 5.97 Å². The van der Waals surface area contributed by atoms with E-state index in [0.29, 0.717) is 25.3 Å². The van der Waals surface area contributed by atoms with Gasteiger partial charge in [-0.1, -0.05) is 18.2 Å². The molecule has 1 heterocycles. The van der Waals surface area contributed by atoms with Gasteiger partial charge in [0.2, 0.25) is 0 Å². The number of halogens is 1. The molecule has 0 N–H and O–H groups in total. The smallest absolute Gasteiger partial charge is 0.310 e. The summed E-state index contributed by atoms with van der Waals surface area (Å²) in [6.07, 6.45) is 0. The summed E-state index contributed by atoms with van der Waals surface area (Å²) < 4.78 is 18.9. The van der Waals surface area contributed by atoms with Crippen molar-refractivity contribution in [3.05, 3.63) is 35.6 Å². The summed E-state index contributed by atoms with van der Waals surface area (Å²) in [4.78, 5) is 14.0. The molecule has 2 atom stereocenters. The van der Waals surface area contributed by atoms with Crippen LogP contribution in [0.3, 0.4) is 0 Å². The molecular formula is C14H18FNO2. The van der Waals surface area contributed by atoms with Crippen LogP contribution in [0.1, 0.15) is 18.4 Å². The van der Waals surface area contributed by atoms with Gasteiger partial charge in [0.05, 0.1) is 12.5 Å². The third kappa shape index (κ3) is 2.53. The first-order chi connectivity index (χ1) is 8.63. The molecule has 0 aromatic heterocycles. The van der Waals surface area contributed by atoms with Crippen LogP contribution in [0.15, 0.2) is 24.3 Å². The van der Waals surface area contributed by atoms with Gasteiger partial charge in [-0.15, -0.1) is 0 Å². The first-order valence-electron chi connectivity index (χ1n) is 6.23. The number of ether oxygens (including phenoxy) is 1. The van der Waals surface area contributed by atoms with Crippen molar-refractivity contribution in [1.29, 1.82) is 0 Å². The first kappa shape index (κ1) is 13.0. The van der Waals surface area contributed by atoms with Crippen LogP contribution in [0.4, 0.5) is 4.39 Å². The minimum Gasteiger partial charge on any atom is -0.466 e. The van der Waals surface area contributed by atoms with Crippen molar-refractivity contribution in [1.82, 2.24) is 4.90 Å². The van der Waals surface area contributed by atoms with Gasteiger partial charge in [-0.25, -0.2) is 4.39 Å². The van der Waals surface area contributed by atoms with Crippen molar-refractivity contribution in [2.75, 3.05) is 26.7 Å². The second-order valence-electron chi connectivity index (χ2n) is 4.71. The van der Waals surface area contributed by atoms with Gasteiger partial charge in [0.1, 0.15) is 5.82 Å². The molecule has 1 aromatic rings. The molecule has 1 aliphatic heterocycles. The number of benzene rings is 1. The number of rotatable bonds is 3. The number of carbonyl (C=O) groups excluding carboxylic acids is 1. The number of nitrogens with zero attached hydrogens (tertiary/aromatic N) is 1. The Morgan fingerprint density at radius 2 is 2.17 bits per heavy atom. The first-order valence-corrected chi connectivity index (χ1v) is 6.23. The molecular weight excluding hydrogens is 233 g/mol. The van der Waals surface area contributed by atoms with Crippen molar-refractivity contribution < 1.29 is 13.9 Å². The zero-order valence-electron chi connectivity index (χ0n) is 10.7. The maximum absolute atomic E-state index is 13.8. The van der Waals surface area contributed by atoms with Crippen LogP contribution in [-0.4, -0.2) is 37.6 Å². The summed E-state index contributed by atoms with van der Waals surface area (Å²) in [5, 5.41) is 0. The number of likely N-dealkylation sites (tertiary alicyclic amines) is 1. The van der Waals surface area contributed by atoms with Gasteiger partial charge in [-0.2, -0.15) is 0 Å². The minimum absolute atomic E-state index is 0.116. The molecule has 0 saturated carbocycles. The normalized spacial score (nSPS) is 24.2. The highest BCUT2D eigenvalue weighted by Crippen LogP contribution is 2.34. The molecule has 18 heavy (non-hydrogen) atoms. The van der Waals surface area contributed by atoms with Crippen molar-refractivity contribution in [2.45, 2.75) is 12.8 Å². The number of likely N-dealkylation sites (N-methyl/N-ethyl adjacent to an activating group) is 1. The van der Waals surface area contributed by atoms with Gasteiger partial charge >= 0.3 is 5.97 Å². The highest BCUT2D eigenvalue weighted by Gasteiger charge is 2.38. The summed E-state index contributed by atoms with van der Waals surface area (Å²) >= 11 is 0. The summed E-state index contributed by atoms with van der Waals surface area (Å²) in [7, 11) is 1.94. The molecule has 1 aromatic carbocycles. The van der Waals surface area contributed by atoms with Crippen molar-refractivity contribution in [3.8, 4) is 0 Å². The molecule has 1 saturated heterocycles. The molecule has 0 aliphatic carbocycles. The summed E-state index contributed by atoms with van der Waals surface area (Å²) in [6, 6.07) is 6.66. The Morgan fingerprint density at radius 3 is 2.83 bits per heavy atom. The topological polar surface area (TPSA) is 29.5 Å². The van der Waals surface area contributed by atoms with Crippen LogP contribution in [0.5, 0.6) is 0 Å². The van der Waals surface area contributed by atoms with Gasteiger partial charge < -0.3 is 9.64 Å². The molecule has 98 valence electrons. The van der Waals surface area contributed by atoms with E-state index in [4.69, 9.17) is 4.74 Å². The maximum atomic E-state index is 13.8. The SMILES string of the molecule is CCOC(=O)C1CN(C)CC1c1ccccc1F. The Kier molecular flexibility index (Phi) is 3.97. The molecule has 2 unspecified atom stereocenters. The third-order valence-corrected chi connectivity index (χ3v) is 3.40. The average Bonchev–Trinajstić information content (AvgIpc) is 2.72. The van der Waals surface area contributed by atoms with Gasteiger partial charge in [-0.05, 0) is 25.6 Å². The van der Waals surface area contributed by atoms with E-state index < -0.39 is 0 Å². The average molecular weight is 251 g/mol. The molecule has 3 nitrogen and oxygen atoms in total. The van der Waals surface area contributed by atoms with E-state index in [-0.39, 0.29) is 23.6 Å². The fourth-order valence-corrected chi connectivity index (χ4v) is 2.58. The Bertz CT molecular complexity index is 436. The molecule has 0 amide bonds. The van der Waals surface area contributed by atoms with E-state index in [1.807, 2.05) is 11.9 Å².